The van der Waals surface area contributed by atoms with Crippen LogP contribution in [0.4, 0.5) is 13.2 Å². The zero-order valence-electron chi connectivity index (χ0n) is 26.6. The van der Waals surface area contributed by atoms with Crippen LogP contribution >= 0.6 is 0 Å². The van der Waals surface area contributed by atoms with E-state index in [0.717, 1.165) is 5.56 Å². The maximum absolute atomic E-state index is 15.0. The molecule has 0 aliphatic carbocycles. The van der Waals surface area contributed by atoms with Gasteiger partial charge in [-0.3, -0.25) is 9.69 Å². The first-order chi connectivity index (χ1) is 22.4. The van der Waals surface area contributed by atoms with Gasteiger partial charge in [-0.05, 0) is 61.6 Å². The number of methoxy groups -OCH3 is 1. The first-order valence-electron chi connectivity index (χ1n) is 15.6. The molecule has 3 aromatic carbocycles. The number of hydrogen-bond donors (Lipinski definition) is 2. The number of halogens is 3. The minimum absolute atomic E-state index is 0.213. The van der Waals surface area contributed by atoms with Crippen LogP contribution in [0, 0.1) is 18.3 Å². The summed E-state index contributed by atoms with van der Waals surface area (Å²) in [6.07, 6.45) is -4.08. The summed E-state index contributed by atoms with van der Waals surface area (Å²) < 4.78 is 58.5. The molecule has 1 aromatic heterocycles. The molecule has 0 bridgehead atoms. The van der Waals surface area contributed by atoms with Crippen molar-refractivity contribution in [2.45, 2.75) is 63.5 Å². The molecule has 4 aromatic rings. The number of aliphatic hydroxyl groups is 1. The van der Waals surface area contributed by atoms with Gasteiger partial charge in [-0.25, -0.2) is 0 Å². The molecule has 8 nitrogen and oxygen atoms in total. The Morgan fingerprint density at radius 3 is 2.36 bits per heavy atom. The minimum Gasteiger partial charge on any atom is -0.493 e. The van der Waals surface area contributed by atoms with E-state index >= 15 is 13.2 Å². The topological polar surface area (TPSA) is 108 Å². The molecule has 2 N–H and O–H groups in total. The molecule has 0 amide bonds. The van der Waals surface area contributed by atoms with Crippen LogP contribution in [-0.2, 0) is 16.9 Å². The number of rotatable bonds is 11. The van der Waals surface area contributed by atoms with Crippen LogP contribution in [0.15, 0.2) is 66.7 Å². The van der Waals surface area contributed by atoms with Crippen molar-refractivity contribution in [3.05, 3.63) is 94.7 Å². The SMILES string of the molecule is CCC(C(=O)O)c1ccc(OC2CCN(CC(O)(c3c(C)n(Cc4ccccc4)c4cc(C#N)ccc34)C(F)(F)F)CC2)c(OC)c1. The molecule has 2 unspecified atom stereocenters. The quantitative estimate of drug-likeness (QED) is 0.185. The second kappa shape index (κ2) is 13.7. The van der Waals surface area contributed by atoms with E-state index in [4.69, 9.17) is 9.47 Å². The first kappa shape index (κ1) is 33.8. The normalized spacial score (nSPS) is 16.4. The number of aliphatic carboxylic acids is 1. The smallest absolute Gasteiger partial charge is 0.422 e. The standard InChI is InChI=1S/C36H38F3N3O5/c1-4-28(34(43)44)26-11-13-31(32(19-26)46-3)47-27-14-16-41(17-15-27)22-35(45,36(37,38)39)33-23(2)42(21-24-8-6-5-7-9-24)30-18-25(20-40)10-12-29(30)33/h5-13,18-19,27-28,45H,4,14-17,21-22H2,1-3H3,(H,43,44). The minimum atomic E-state index is -4.99. The highest BCUT2D eigenvalue weighted by molar-refractivity contribution is 5.88. The van der Waals surface area contributed by atoms with Crippen molar-refractivity contribution in [1.82, 2.24) is 9.47 Å². The highest BCUT2D eigenvalue weighted by Crippen LogP contribution is 2.46. The summed E-state index contributed by atoms with van der Waals surface area (Å²) in [5.74, 6) is -0.798. The van der Waals surface area contributed by atoms with Crippen LogP contribution < -0.4 is 9.47 Å². The van der Waals surface area contributed by atoms with Gasteiger partial charge in [0.15, 0.2) is 11.5 Å². The Bertz CT molecular complexity index is 1770. The number of carboxylic acids is 1. The molecule has 1 fully saturated rings. The Hall–Kier alpha value is -4.53. The van der Waals surface area contributed by atoms with E-state index in [-0.39, 0.29) is 42.4 Å². The molecule has 1 aliphatic heterocycles. The fourth-order valence-corrected chi connectivity index (χ4v) is 6.59. The fraction of sp³-hybridized carbons (Fsp3) is 0.389. The Labute approximate surface area is 271 Å². The van der Waals surface area contributed by atoms with Crippen LogP contribution in [0.25, 0.3) is 10.9 Å². The van der Waals surface area contributed by atoms with Crippen molar-refractivity contribution in [1.29, 1.82) is 5.26 Å². The van der Waals surface area contributed by atoms with Crippen molar-refractivity contribution in [3.63, 3.8) is 0 Å². The van der Waals surface area contributed by atoms with E-state index in [1.54, 1.807) is 47.6 Å². The van der Waals surface area contributed by atoms with E-state index in [9.17, 15) is 20.3 Å². The number of carbonyl (C=O) groups is 1. The van der Waals surface area contributed by atoms with Gasteiger partial charge in [0.1, 0.15) is 6.10 Å². The third kappa shape index (κ3) is 6.80. The number of benzene rings is 3. The van der Waals surface area contributed by atoms with Crippen LogP contribution in [0.5, 0.6) is 11.5 Å². The highest BCUT2D eigenvalue weighted by Gasteiger charge is 2.58. The molecular formula is C36H38F3N3O5. The van der Waals surface area contributed by atoms with Gasteiger partial charge in [-0.15, -0.1) is 0 Å². The van der Waals surface area contributed by atoms with Crippen LogP contribution in [-0.4, -0.2) is 64.7 Å². The Balaban J connectivity index is 1.39. The molecule has 11 heteroatoms. The third-order valence-corrected chi connectivity index (χ3v) is 9.10. The molecule has 1 saturated heterocycles. The maximum Gasteiger partial charge on any atom is 0.422 e. The number of nitrogens with zero attached hydrogens (tertiary/aromatic N) is 3. The molecule has 0 spiro atoms. The average molecular weight is 650 g/mol. The predicted octanol–water partition coefficient (Wildman–Crippen LogP) is 6.75. The molecule has 0 saturated carbocycles. The molecule has 248 valence electrons. The summed E-state index contributed by atoms with van der Waals surface area (Å²) in [6, 6.07) is 20.9. The summed E-state index contributed by atoms with van der Waals surface area (Å²) in [6.45, 7) is 3.48. The van der Waals surface area contributed by atoms with Gasteiger partial charge < -0.3 is 24.3 Å². The first-order valence-corrected chi connectivity index (χ1v) is 15.6. The number of nitriles is 1. The second-order valence-electron chi connectivity index (χ2n) is 12.0. The van der Waals surface area contributed by atoms with Crippen molar-refractivity contribution in [2.75, 3.05) is 26.7 Å². The zero-order chi connectivity index (χ0) is 33.9. The molecular weight excluding hydrogens is 611 g/mol. The summed E-state index contributed by atoms with van der Waals surface area (Å²) in [5, 5.41) is 31.0. The zero-order valence-corrected chi connectivity index (χ0v) is 26.6. The van der Waals surface area contributed by atoms with E-state index in [0.29, 0.717) is 47.4 Å². The molecule has 0 radical (unpaired) electrons. The Morgan fingerprint density at radius 2 is 1.77 bits per heavy atom. The van der Waals surface area contributed by atoms with E-state index in [1.807, 2.05) is 30.3 Å². The number of alkyl halides is 3. The van der Waals surface area contributed by atoms with Crippen LogP contribution in [0.1, 0.15) is 60.1 Å². The molecule has 47 heavy (non-hydrogen) atoms. The molecule has 1 aliphatic rings. The summed E-state index contributed by atoms with van der Waals surface area (Å²) in [4.78, 5) is 13.2. The number of hydrogen-bond acceptors (Lipinski definition) is 6. The fourth-order valence-electron chi connectivity index (χ4n) is 6.59. The lowest BCUT2D eigenvalue weighted by atomic mass is 9.88. The monoisotopic (exact) mass is 649 g/mol. The largest absolute Gasteiger partial charge is 0.493 e. The summed E-state index contributed by atoms with van der Waals surface area (Å²) in [7, 11) is 1.47. The van der Waals surface area contributed by atoms with E-state index in [2.05, 4.69) is 6.07 Å². The molecule has 2 heterocycles. The average Bonchev–Trinajstić information content (AvgIpc) is 3.32. The van der Waals surface area contributed by atoms with Gasteiger partial charge in [0.25, 0.3) is 0 Å². The lowest BCUT2D eigenvalue weighted by molar-refractivity contribution is -0.272. The molecule has 5 rings (SSSR count). The van der Waals surface area contributed by atoms with Crippen molar-refractivity contribution in [3.8, 4) is 17.6 Å². The lowest BCUT2D eigenvalue weighted by Gasteiger charge is -2.39. The van der Waals surface area contributed by atoms with Crippen LogP contribution in [0.2, 0.25) is 0 Å². The van der Waals surface area contributed by atoms with Crippen molar-refractivity contribution < 1.29 is 37.7 Å². The number of aromatic nitrogens is 1. The van der Waals surface area contributed by atoms with E-state index < -0.39 is 30.2 Å². The van der Waals surface area contributed by atoms with Gasteiger partial charge in [0.05, 0.1) is 30.2 Å². The van der Waals surface area contributed by atoms with Gasteiger partial charge in [0.2, 0.25) is 5.60 Å². The summed E-state index contributed by atoms with van der Waals surface area (Å²) in [5.41, 5.74) is -0.892. The molecule has 2 atom stereocenters. The third-order valence-electron chi connectivity index (χ3n) is 9.10. The number of fused-ring (bicyclic) bond motifs is 1. The van der Waals surface area contributed by atoms with Gasteiger partial charge in [0, 0.05) is 42.8 Å². The highest BCUT2D eigenvalue weighted by atomic mass is 19.4. The van der Waals surface area contributed by atoms with Crippen molar-refractivity contribution in [2.24, 2.45) is 0 Å². The van der Waals surface area contributed by atoms with E-state index in [1.165, 1.54) is 19.2 Å². The second-order valence-corrected chi connectivity index (χ2v) is 12.0. The van der Waals surface area contributed by atoms with Gasteiger partial charge in [-0.1, -0.05) is 49.4 Å². The Morgan fingerprint density at radius 1 is 1.06 bits per heavy atom. The maximum atomic E-state index is 15.0. The Kier molecular flexibility index (Phi) is 9.84. The lowest BCUT2D eigenvalue weighted by Crippen LogP contribution is -2.53. The number of carboxylic acid groups (broad SMARTS) is 1. The van der Waals surface area contributed by atoms with Crippen molar-refractivity contribution >= 4 is 16.9 Å². The van der Waals surface area contributed by atoms with Crippen LogP contribution in [0.3, 0.4) is 0 Å². The number of likely N-dealkylation sites (tertiary alicyclic amines) is 1. The predicted molar refractivity (Wildman–Crippen MR) is 171 cm³/mol. The van der Waals surface area contributed by atoms with Gasteiger partial charge in [-0.2, -0.15) is 18.4 Å². The summed E-state index contributed by atoms with van der Waals surface area (Å²) >= 11 is 0. The number of ether oxygens (including phenoxy) is 2. The number of β-amino-alcohol motifs (C(OH)–C–C–N with tert-alkyl or cyclic N) is 1. The van der Waals surface area contributed by atoms with Gasteiger partial charge >= 0.3 is 12.1 Å². The number of piperidine rings is 1.